The van der Waals surface area contributed by atoms with Gasteiger partial charge in [0.15, 0.2) is 11.5 Å². The maximum Gasteiger partial charge on any atom is 0.254 e. The Bertz CT molecular complexity index is 902. The Balaban J connectivity index is 1.31. The molecule has 3 aliphatic carbocycles. The minimum Gasteiger partial charge on any atom is -0.454 e. The SMILES string of the molecule is O=C1[C@@H]2[C@@H](C(=O)N1/N=C\c1cc3c(cc1Br)OCO3)[C@H]1C=C[C@H]2C12CC2. The lowest BCUT2D eigenvalue weighted by atomic mass is 9.85. The monoisotopic (exact) mass is 414 g/mol. The van der Waals surface area contributed by atoms with E-state index in [9.17, 15) is 9.59 Å². The van der Waals surface area contributed by atoms with Gasteiger partial charge in [-0.05, 0) is 58.2 Å². The highest BCUT2D eigenvalue weighted by Gasteiger charge is 2.73. The summed E-state index contributed by atoms with van der Waals surface area (Å²) in [6.07, 6.45) is 8.12. The van der Waals surface area contributed by atoms with Crippen LogP contribution in [0.4, 0.5) is 0 Å². The lowest BCUT2D eigenvalue weighted by Gasteiger charge is -2.18. The van der Waals surface area contributed by atoms with Crippen molar-refractivity contribution in [2.45, 2.75) is 12.8 Å². The first-order chi connectivity index (χ1) is 12.6. The molecule has 26 heavy (non-hydrogen) atoms. The van der Waals surface area contributed by atoms with Gasteiger partial charge >= 0.3 is 0 Å². The van der Waals surface area contributed by atoms with E-state index in [1.54, 1.807) is 12.1 Å². The summed E-state index contributed by atoms with van der Waals surface area (Å²) in [5, 5.41) is 5.32. The summed E-state index contributed by atoms with van der Waals surface area (Å²) < 4.78 is 11.5. The summed E-state index contributed by atoms with van der Waals surface area (Å²) in [6, 6.07) is 3.58. The largest absolute Gasteiger partial charge is 0.454 e. The molecular formula is C19H15BrN2O4. The number of carbonyl (C=O) groups is 2. The van der Waals surface area contributed by atoms with Crippen LogP contribution in [0.25, 0.3) is 0 Å². The quantitative estimate of drug-likeness (QED) is 0.423. The average molecular weight is 415 g/mol. The van der Waals surface area contributed by atoms with Gasteiger partial charge < -0.3 is 9.47 Å². The minimum atomic E-state index is -0.225. The third kappa shape index (κ3) is 1.70. The van der Waals surface area contributed by atoms with Crippen molar-refractivity contribution >= 4 is 34.0 Å². The Morgan fingerprint density at radius 2 is 1.69 bits per heavy atom. The van der Waals surface area contributed by atoms with Gasteiger partial charge in [-0.25, -0.2) is 0 Å². The highest BCUT2D eigenvalue weighted by Crippen LogP contribution is 2.73. The molecule has 132 valence electrons. The van der Waals surface area contributed by atoms with E-state index in [0.29, 0.717) is 11.5 Å². The van der Waals surface area contributed by atoms with Gasteiger partial charge in [0.05, 0.1) is 18.1 Å². The number of rotatable bonds is 2. The number of hydrazone groups is 1. The second-order valence-corrected chi connectivity index (χ2v) is 8.54. The zero-order valence-corrected chi connectivity index (χ0v) is 15.3. The summed E-state index contributed by atoms with van der Waals surface area (Å²) in [6.45, 7) is 0.187. The topological polar surface area (TPSA) is 68.2 Å². The first-order valence-corrected chi connectivity index (χ1v) is 9.59. The number of imide groups is 1. The molecule has 2 bridgehead atoms. The highest BCUT2D eigenvalue weighted by atomic mass is 79.9. The molecule has 2 aliphatic heterocycles. The molecule has 2 amide bonds. The third-order valence-corrected chi connectivity index (χ3v) is 7.32. The number of hydrogen-bond donors (Lipinski definition) is 0. The van der Waals surface area contributed by atoms with Crippen LogP contribution in [-0.4, -0.2) is 29.8 Å². The summed E-state index contributed by atoms with van der Waals surface area (Å²) in [5.41, 5.74) is 0.934. The molecule has 0 radical (unpaired) electrons. The van der Waals surface area contributed by atoms with Crippen LogP contribution in [-0.2, 0) is 9.59 Å². The lowest BCUT2D eigenvalue weighted by molar-refractivity contribution is -0.141. The van der Waals surface area contributed by atoms with Gasteiger partial charge in [-0.2, -0.15) is 10.1 Å². The van der Waals surface area contributed by atoms with E-state index in [1.165, 1.54) is 6.21 Å². The van der Waals surface area contributed by atoms with Crippen molar-refractivity contribution < 1.29 is 19.1 Å². The van der Waals surface area contributed by atoms with Gasteiger partial charge in [0.25, 0.3) is 11.8 Å². The highest BCUT2D eigenvalue weighted by molar-refractivity contribution is 9.10. The maximum absolute atomic E-state index is 12.9. The summed E-state index contributed by atoms with van der Waals surface area (Å²) in [7, 11) is 0. The first kappa shape index (κ1) is 15.0. The van der Waals surface area contributed by atoms with Crippen molar-refractivity contribution in [1.29, 1.82) is 0 Å². The van der Waals surface area contributed by atoms with Gasteiger partial charge in [0.1, 0.15) is 0 Å². The molecule has 1 aromatic carbocycles. The van der Waals surface area contributed by atoms with Crippen molar-refractivity contribution in [1.82, 2.24) is 5.01 Å². The van der Waals surface area contributed by atoms with Crippen molar-refractivity contribution in [3.05, 3.63) is 34.3 Å². The van der Waals surface area contributed by atoms with Crippen LogP contribution in [0, 0.1) is 29.1 Å². The Hall–Kier alpha value is -2.15. The lowest BCUT2D eigenvalue weighted by Crippen LogP contribution is -2.30. The number of fused-ring (bicyclic) bond motifs is 4. The third-order valence-electron chi connectivity index (χ3n) is 6.63. The molecule has 2 heterocycles. The number of nitrogens with zero attached hydrogens (tertiary/aromatic N) is 2. The van der Waals surface area contributed by atoms with E-state index in [4.69, 9.17) is 9.47 Å². The predicted molar refractivity (Wildman–Crippen MR) is 94.5 cm³/mol. The molecule has 0 N–H and O–H groups in total. The Labute approximate surface area is 157 Å². The van der Waals surface area contributed by atoms with E-state index in [0.717, 1.165) is 27.9 Å². The Morgan fingerprint density at radius 3 is 2.31 bits per heavy atom. The molecule has 7 heteroatoms. The first-order valence-electron chi connectivity index (χ1n) is 8.79. The molecular weight excluding hydrogens is 400 g/mol. The van der Waals surface area contributed by atoms with Crippen molar-refractivity contribution in [3.8, 4) is 11.5 Å². The number of ether oxygens (including phenoxy) is 2. The van der Waals surface area contributed by atoms with Crippen molar-refractivity contribution in [3.63, 3.8) is 0 Å². The Kier molecular flexibility index (Phi) is 2.74. The number of benzene rings is 1. The fourth-order valence-corrected chi connectivity index (χ4v) is 5.75. The normalized spacial score (nSPS) is 34.6. The second-order valence-electron chi connectivity index (χ2n) is 7.68. The number of carbonyl (C=O) groups excluding carboxylic acids is 2. The van der Waals surface area contributed by atoms with Gasteiger partial charge in [0.2, 0.25) is 6.79 Å². The van der Waals surface area contributed by atoms with E-state index >= 15 is 0 Å². The second kappa shape index (κ2) is 4.76. The molecule has 6 nitrogen and oxygen atoms in total. The van der Waals surface area contributed by atoms with Crippen LogP contribution in [0.15, 0.2) is 33.9 Å². The molecule has 2 saturated carbocycles. The van der Waals surface area contributed by atoms with E-state index in [1.807, 2.05) is 0 Å². The van der Waals surface area contributed by atoms with Crippen LogP contribution in [0.3, 0.4) is 0 Å². The van der Waals surface area contributed by atoms with Crippen LogP contribution < -0.4 is 9.47 Å². The number of halogens is 1. The molecule has 4 atom stereocenters. The molecule has 0 aromatic heterocycles. The number of hydrogen-bond acceptors (Lipinski definition) is 5. The molecule has 1 spiro atoms. The van der Waals surface area contributed by atoms with E-state index in [-0.39, 0.29) is 47.7 Å². The van der Waals surface area contributed by atoms with Gasteiger partial charge in [-0.3, -0.25) is 9.59 Å². The number of allylic oxidation sites excluding steroid dienone is 2. The van der Waals surface area contributed by atoms with E-state index < -0.39 is 0 Å². The van der Waals surface area contributed by atoms with Crippen LogP contribution in [0.2, 0.25) is 0 Å². The van der Waals surface area contributed by atoms with Crippen LogP contribution >= 0.6 is 15.9 Å². The van der Waals surface area contributed by atoms with Crippen molar-refractivity contribution in [2.75, 3.05) is 6.79 Å². The molecule has 5 aliphatic rings. The summed E-state index contributed by atoms with van der Waals surface area (Å²) >= 11 is 3.47. The van der Waals surface area contributed by atoms with Crippen molar-refractivity contribution in [2.24, 2.45) is 34.2 Å². The molecule has 3 fully saturated rings. The molecule has 6 rings (SSSR count). The van der Waals surface area contributed by atoms with E-state index in [2.05, 4.69) is 33.2 Å². The predicted octanol–water partition coefficient (Wildman–Crippen LogP) is 2.71. The minimum absolute atomic E-state index is 0.156. The average Bonchev–Trinajstić information content (AvgIpc) is 2.94. The fourth-order valence-electron chi connectivity index (χ4n) is 5.33. The summed E-state index contributed by atoms with van der Waals surface area (Å²) in [4.78, 5) is 25.8. The van der Waals surface area contributed by atoms with Gasteiger partial charge in [-0.1, -0.05) is 12.2 Å². The molecule has 1 aromatic rings. The van der Waals surface area contributed by atoms with Gasteiger partial charge in [0, 0.05) is 10.0 Å². The van der Waals surface area contributed by atoms with Gasteiger partial charge in [-0.15, -0.1) is 0 Å². The molecule has 0 unspecified atom stereocenters. The standard InChI is InChI=1S/C19H15BrN2O4/c20-12-6-14-13(25-8-26-14)5-9(12)7-21-22-17(23)15-10-1-2-11(16(15)18(22)24)19(10)3-4-19/h1-2,5-7,10-11,15-16H,3-4,8H2/b21-7-/t10-,11-,15+,16+/m1/s1. The van der Waals surface area contributed by atoms with Crippen LogP contribution in [0.5, 0.6) is 11.5 Å². The zero-order valence-electron chi connectivity index (χ0n) is 13.7. The smallest absolute Gasteiger partial charge is 0.254 e. The maximum atomic E-state index is 12.9. The Morgan fingerprint density at radius 1 is 1.08 bits per heavy atom. The summed E-state index contributed by atoms with van der Waals surface area (Å²) in [5.74, 6) is 0.956. The van der Waals surface area contributed by atoms with Crippen LogP contribution in [0.1, 0.15) is 18.4 Å². The zero-order chi connectivity index (χ0) is 17.6. The molecule has 1 saturated heterocycles. The number of amides is 2. The fraction of sp³-hybridized carbons (Fsp3) is 0.421.